The van der Waals surface area contributed by atoms with E-state index in [0.29, 0.717) is 16.7 Å². The van der Waals surface area contributed by atoms with Crippen LogP contribution in [0.1, 0.15) is 52.3 Å². The van der Waals surface area contributed by atoms with Crippen molar-refractivity contribution in [2.45, 2.75) is 14.9 Å². The minimum absolute atomic E-state index is 0. The number of nitriles is 1. The Labute approximate surface area is 118 Å². The Kier molecular flexibility index (Phi) is 4.21. The van der Waals surface area contributed by atoms with Crippen molar-refractivity contribution in [2.24, 2.45) is 0 Å². The van der Waals surface area contributed by atoms with Gasteiger partial charge in [-0.05, 0) is 6.07 Å². The van der Waals surface area contributed by atoms with Gasteiger partial charge in [0.25, 0.3) is 0 Å². The smallest absolute Gasteiger partial charge is 0.195 e. The highest BCUT2D eigenvalue weighted by atomic mass is 16.1. The molecule has 0 heterocycles. The van der Waals surface area contributed by atoms with Gasteiger partial charge in [-0.2, -0.15) is 5.26 Å². The lowest BCUT2D eigenvalue weighted by Gasteiger charge is -2.17. The molecular formula is C17H15NO2. The second-order valence-corrected chi connectivity index (χ2v) is 4.04. The molecule has 3 rings (SSSR count). The van der Waals surface area contributed by atoms with E-state index in [9.17, 15) is 9.59 Å². The predicted molar refractivity (Wildman–Crippen MR) is 77.9 cm³/mol. The highest BCUT2D eigenvalue weighted by Gasteiger charge is 2.30. The van der Waals surface area contributed by atoms with Crippen molar-refractivity contribution in [1.82, 2.24) is 0 Å². The molecule has 2 aromatic rings. The van der Waals surface area contributed by atoms with Crippen LogP contribution < -0.4 is 0 Å². The van der Waals surface area contributed by atoms with Crippen molar-refractivity contribution in [2.75, 3.05) is 0 Å². The lowest BCUT2D eigenvalue weighted by molar-refractivity contribution is 0.0979. The summed E-state index contributed by atoms with van der Waals surface area (Å²) in [7, 11) is 0. The molecular weight excluding hydrogens is 250 g/mol. The third kappa shape index (κ3) is 1.92. The average molecular weight is 265 g/mol. The van der Waals surface area contributed by atoms with Gasteiger partial charge in [0.1, 0.15) is 0 Å². The van der Waals surface area contributed by atoms with Crippen LogP contribution in [-0.2, 0) is 0 Å². The van der Waals surface area contributed by atoms with E-state index in [2.05, 4.69) is 0 Å². The summed E-state index contributed by atoms with van der Waals surface area (Å²) in [5, 5.41) is 9.03. The lowest BCUT2D eigenvalue weighted by Crippen LogP contribution is -2.21. The number of nitrogens with zero attached hydrogens (tertiary/aromatic N) is 1. The molecule has 0 spiro atoms. The second kappa shape index (κ2) is 5.50. The van der Waals surface area contributed by atoms with Gasteiger partial charge in [-0.3, -0.25) is 9.59 Å². The van der Waals surface area contributed by atoms with E-state index in [-0.39, 0.29) is 37.5 Å². The molecule has 0 aliphatic heterocycles. The van der Waals surface area contributed by atoms with Gasteiger partial charge in [-0.15, -0.1) is 0 Å². The van der Waals surface area contributed by atoms with Gasteiger partial charge in [-0.25, -0.2) is 0 Å². The van der Waals surface area contributed by atoms with Crippen LogP contribution in [0.15, 0.2) is 42.5 Å². The van der Waals surface area contributed by atoms with E-state index >= 15 is 0 Å². The number of benzene rings is 2. The first-order valence-electron chi connectivity index (χ1n) is 5.45. The van der Waals surface area contributed by atoms with Crippen LogP contribution in [0.5, 0.6) is 0 Å². The third-order valence-electron chi connectivity index (χ3n) is 3.07. The molecule has 0 bridgehead atoms. The molecule has 0 saturated heterocycles. The molecule has 3 heteroatoms. The summed E-state index contributed by atoms with van der Waals surface area (Å²) in [5.74, 6) is -0.449. The summed E-state index contributed by atoms with van der Waals surface area (Å²) in [6.07, 6.45) is 0. The maximum absolute atomic E-state index is 12.3. The number of hydrogen-bond donors (Lipinski definition) is 0. The Balaban J connectivity index is 0.000001000. The summed E-state index contributed by atoms with van der Waals surface area (Å²) in [6, 6.07) is 13.4. The molecule has 2 aromatic carbocycles. The van der Waals surface area contributed by atoms with Crippen molar-refractivity contribution < 1.29 is 9.59 Å². The molecule has 3 nitrogen and oxygen atoms in total. The highest BCUT2D eigenvalue weighted by molar-refractivity contribution is 6.29. The van der Waals surface area contributed by atoms with Gasteiger partial charge in [0, 0.05) is 16.7 Å². The molecule has 0 radical (unpaired) electrons. The average Bonchev–Trinajstić information content (AvgIpc) is 2.44. The molecule has 0 saturated carbocycles. The van der Waals surface area contributed by atoms with E-state index in [1.807, 2.05) is 6.07 Å². The molecule has 0 amide bonds. The van der Waals surface area contributed by atoms with Crippen molar-refractivity contribution in [3.05, 3.63) is 70.3 Å². The van der Waals surface area contributed by atoms with Gasteiger partial charge < -0.3 is 0 Å². The van der Waals surface area contributed by atoms with E-state index in [4.69, 9.17) is 5.26 Å². The Hall–Kier alpha value is -2.73. The third-order valence-corrected chi connectivity index (χ3v) is 3.07. The minimum Gasteiger partial charge on any atom is -0.289 e. The van der Waals surface area contributed by atoms with E-state index in [0.717, 1.165) is 0 Å². The van der Waals surface area contributed by atoms with E-state index in [1.165, 1.54) is 0 Å². The van der Waals surface area contributed by atoms with Crippen LogP contribution in [0.25, 0.3) is 0 Å². The summed E-state index contributed by atoms with van der Waals surface area (Å²) in [5.41, 5.74) is 1.57. The number of carbonyl (C=O) groups is 2. The van der Waals surface area contributed by atoms with Crippen LogP contribution in [0, 0.1) is 11.3 Å². The zero-order valence-corrected chi connectivity index (χ0v) is 9.31. The molecule has 0 aromatic heterocycles. The SMILES string of the molecule is C.C.N#Cc1cccc2c1C(=O)c1ccccc1C2=O. The van der Waals surface area contributed by atoms with Gasteiger partial charge in [-0.1, -0.05) is 51.3 Å². The van der Waals surface area contributed by atoms with Crippen molar-refractivity contribution in [3.8, 4) is 6.07 Å². The first kappa shape index (κ1) is 15.3. The number of carbonyl (C=O) groups excluding carboxylic acids is 2. The first-order valence-corrected chi connectivity index (χ1v) is 5.45. The molecule has 100 valence electrons. The molecule has 1 aliphatic carbocycles. The predicted octanol–water partition coefficient (Wildman–Crippen LogP) is 3.61. The van der Waals surface area contributed by atoms with Crippen LogP contribution in [0.3, 0.4) is 0 Å². The molecule has 0 unspecified atom stereocenters. The van der Waals surface area contributed by atoms with Gasteiger partial charge in [0.15, 0.2) is 11.6 Å². The van der Waals surface area contributed by atoms with Crippen molar-refractivity contribution in [1.29, 1.82) is 5.26 Å². The topological polar surface area (TPSA) is 57.9 Å². The fourth-order valence-corrected chi connectivity index (χ4v) is 2.24. The molecule has 1 aliphatic rings. The Morgan fingerprint density at radius 2 is 1.30 bits per heavy atom. The number of hydrogen-bond acceptors (Lipinski definition) is 3. The monoisotopic (exact) mass is 265 g/mol. The standard InChI is InChI=1S/C15H7NO2.2CH4/c16-8-9-4-3-7-12-13(9)15(18)11-6-2-1-5-10(11)14(12)17;;/h1-7H;2*1H4. The molecule has 0 fully saturated rings. The fourth-order valence-electron chi connectivity index (χ4n) is 2.24. The summed E-state index contributed by atoms with van der Waals surface area (Å²) in [6.45, 7) is 0. The number of ketones is 2. The zero-order valence-electron chi connectivity index (χ0n) is 9.31. The van der Waals surface area contributed by atoms with Gasteiger partial charge >= 0.3 is 0 Å². The fraction of sp³-hybridized carbons (Fsp3) is 0.118. The maximum Gasteiger partial charge on any atom is 0.195 e. The highest BCUT2D eigenvalue weighted by Crippen LogP contribution is 2.28. The van der Waals surface area contributed by atoms with Gasteiger partial charge in [0.05, 0.1) is 17.2 Å². The summed E-state index contributed by atoms with van der Waals surface area (Å²) in [4.78, 5) is 24.6. The van der Waals surface area contributed by atoms with E-state index in [1.54, 1.807) is 42.5 Å². The van der Waals surface area contributed by atoms with Crippen molar-refractivity contribution in [3.63, 3.8) is 0 Å². The van der Waals surface area contributed by atoms with Gasteiger partial charge in [0.2, 0.25) is 0 Å². The summed E-state index contributed by atoms with van der Waals surface area (Å²) >= 11 is 0. The molecule has 0 N–H and O–H groups in total. The van der Waals surface area contributed by atoms with Crippen molar-refractivity contribution >= 4 is 11.6 Å². The number of fused-ring (bicyclic) bond motifs is 2. The number of rotatable bonds is 0. The van der Waals surface area contributed by atoms with E-state index < -0.39 is 0 Å². The molecule has 0 atom stereocenters. The zero-order chi connectivity index (χ0) is 12.7. The lowest BCUT2D eigenvalue weighted by atomic mass is 9.82. The first-order chi connectivity index (χ1) is 8.74. The normalized spacial score (nSPS) is 11.3. The molecule has 20 heavy (non-hydrogen) atoms. The van der Waals surface area contributed by atoms with Crippen LogP contribution >= 0.6 is 0 Å². The van der Waals surface area contributed by atoms with Crippen LogP contribution in [0.4, 0.5) is 0 Å². The largest absolute Gasteiger partial charge is 0.289 e. The summed E-state index contributed by atoms with van der Waals surface area (Å²) < 4.78 is 0. The van der Waals surface area contributed by atoms with Crippen LogP contribution in [-0.4, -0.2) is 11.6 Å². The van der Waals surface area contributed by atoms with Crippen LogP contribution in [0.2, 0.25) is 0 Å². The Bertz CT molecular complexity index is 739. The second-order valence-electron chi connectivity index (χ2n) is 4.04. The maximum atomic E-state index is 12.3. The minimum atomic E-state index is -0.252. The Morgan fingerprint density at radius 3 is 1.90 bits per heavy atom. The quantitative estimate of drug-likeness (QED) is 0.624. The Morgan fingerprint density at radius 1 is 0.750 bits per heavy atom.